The number of nitrogens with zero attached hydrogens (tertiary/aromatic N) is 2. The molecular weight excluding hydrogens is 668 g/mol. The van der Waals surface area contributed by atoms with Gasteiger partial charge < -0.3 is 30.7 Å². The van der Waals surface area contributed by atoms with Crippen molar-refractivity contribution in [3.63, 3.8) is 0 Å². The molecule has 1 aromatic carbocycles. The Hall–Kier alpha value is -3.69. The number of likely N-dealkylation sites (tertiary alicyclic amines) is 1. The van der Waals surface area contributed by atoms with E-state index in [0.717, 1.165) is 0 Å². The van der Waals surface area contributed by atoms with E-state index in [1.807, 2.05) is 20.8 Å². The molecular formula is C31H39ClN6O7S2. The lowest BCUT2D eigenvalue weighted by Crippen LogP contribution is -2.60. The second kappa shape index (κ2) is 12.7. The summed E-state index contributed by atoms with van der Waals surface area (Å²) in [5.41, 5.74) is 3.58. The van der Waals surface area contributed by atoms with Gasteiger partial charge in [-0.05, 0) is 55.1 Å². The lowest BCUT2D eigenvalue weighted by Gasteiger charge is -2.35. The van der Waals surface area contributed by atoms with Gasteiger partial charge in [0.05, 0.1) is 25.1 Å². The lowest BCUT2D eigenvalue weighted by atomic mass is 9.85. The zero-order valence-electron chi connectivity index (χ0n) is 26.5. The molecule has 2 aromatic rings. The molecule has 1 aliphatic heterocycles. The van der Waals surface area contributed by atoms with Gasteiger partial charge >= 0.3 is 0 Å². The number of pyridine rings is 1. The number of methoxy groups -OCH3 is 1. The highest BCUT2D eigenvalue weighted by Crippen LogP contribution is 2.45. The number of rotatable bonds is 11. The van der Waals surface area contributed by atoms with E-state index in [1.165, 1.54) is 24.3 Å². The predicted octanol–water partition coefficient (Wildman–Crippen LogP) is 2.16. The largest absolute Gasteiger partial charge is 0.494 e. The van der Waals surface area contributed by atoms with Crippen LogP contribution in [0.3, 0.4) is 0 Å². The molecule has 5 atom stereocenters. The fraction of sp³-hybridized carbons (Fsp3) is 0.516. The minimum atomic E-state index is -3.88. The number of carbonyl (C=O) groups excluding carboxylic acids is 3. The first kappa shape index (κ1) is 34.6. The van der Waals surface area contributed by atoms with Gasteiger partial charge in [-0.2, -0.15) is 0 Å². The summed E-state index contributed by atoms with van der Waals surface area (Å²) in [4.78, 5) is 47.4. The van der Waals surface area contributed by atoms with Crippen LogP contribution in [-0.4, -0.2) is 83.8 Å². The number of amides is 3. The van der Waals surface area contributed by atoms with Crippen molar-refractivity contribution >= 4 is 67.4 Å². The van der Waals surface area contributed by atoms with Crippen LogP contribution in [0.2, 0.25) is 5.02 Å². The van der Waals surface area contributed by atoms with Crippen molar-refractivity contribution in [2.45, 2.75) is 75.4 Å². The van der Waals surface area contributed by atoms with Gasteiger partial charge in [-0.3, -0.25) is 19.1 Å². The molecule has 1 unspecified atom stereocenters. The number of hydrogen-bond acceptors (Lipinski definition) is 9. The van der Waals surface area contributed by atoms with Crippen LogP contribution in [0.4, 0.5) is 0 Å². The van der Waals surface area contributed by atoms with Gasteiger partial charge in [0.2, 0.25) is 27.7 Å². The summed E-state index contributed by atoms with van der Waals surface area (Å²) < 4.78 is 39.1. The Morgan fingerprint density at radius 1 is 1.26 bits per heavy atom. The Morgan fingerprint density at radius 2 is 1.96 bits per heavy atom. The van der Waals surface area contributed by atoms with E-state index in [2.05, 4.69) is 26.9 Å². The zero-order valence-corrected chi connectivity index (χ0v) is 28.9. The second-order valence-electron chi connectivity index (χ2n) is 13.3. The van der Waals surface area contributed by atoms with E-state index in [9.17, 15) is 22.8 Å². The monoisotopic (exact) mass is 706 g/mol. The highest BCUT2D eigenvalue weighted by molar-refractivity contribution is 7.91. The molecule has 1 saturated heterocycles. The Bertz CT molecular complexity index is 1750. The topological polar surface area (TPSA) is 182 Å². The Labute approximate surface area is 284 Å². The molecule has 2 saturated carbocycles. The van der Waals surface area contributed by atoms with Crippen LogP contribution in [0.5, 0.6) is 11.6 Å². The third-order valence-electron chi connectivity index (χ3n) is 8.77. The van der Waals surface area contributed by atoms with Crippen LogP contribution >= 0.6 is 23.8 Å². The van der Waals surface area contributed by atoms with Gasteiger partial charge in [0.25, 0.3) is 5.91 Å². The van der Waals surface area contributed by atoms with Crippen LogP contribution in [0, 0.1) is 11.3 Å². The minimum absolute atomic E-state index is 0.0155. The van der Waals surface area contributed by atoms with Crippen molar-refractivity contribution in [3.8, 4) is 11.6 Å². The third-order valence-corrected chi connectivity index (χ3v) is 10.9. The Morgan fingerprint density at radius 3 is 2.53 bits per heavy atom. The maximum Gasteiger partial charge on any atom is 0.259 e. The number of sulfonamides is 1. The number of nitrogens with one attached hydrogen (secondary N) is 3. The molecule has 3 aliphatic rings. The number of fused-ring (bicyclic) bond motifs is 1. The molecule has 47 heavy (non-hydrogen) atoms. The van der Waals surface area contributed by atoms with E-state index >= 15 is 0 Å². The average Bonchev–Trinajstić information content (AvgIpc) is 3.92. The summed E-state index contributed by atoms with van der Waals surface area (Å²) in [5.74, 6) is -1.71. The van der Waals surface area contributed by atoms with E-state index in [4.69, 9.17) is 39.0 Å². The van der Waals surface area contributed by atoms with Gasteiger partial charge in [-0.1, -0.05) is 38.4 Å². The zero-order chi connectivity index (χ0) is 34.5. The molecule has 254 valence electrons. The normalized spacial score (nSPS) is 24.6. The average molecular weight is 707 g/mol. The smallest absolute Gasteiger partial charge is 0.259 e. The summed E-state index contributed by atoms with van der Waals surface area (Å²) in [5, 5.41) is 6.64. The molecule has 3 amide bonds. The van der Waals surface area contributed by atoms with Crippen molar-refractivity contribution < 1.29 is 32.3 Å². The Balaban J connectivity index is 1.45. The van der Waals surface area contributed by atoms with E-state index in [-0.39, 0.29) is 30.4 Å². The number of carbonyl (C=O) groups is 3. The molecule has 3 fully saturated rings. The van der Waals surface area contributed by atoms with Crippen molar-refractivity contribution in [1.29, 1.82) is 0 Å². The molecule has 0 bridgehead atoms. The standard InChI is InChI=1S/C31H39ClN6O7S2/c1-6-16-13-31(16,28(41)37-47(42,43)19-8-9-19)36-25(39)22-12-18(15-38(22)27(40)24(30(2,3)4)35-29(33)46)45-26-21-11-17(32)7-10-20(21)23(44-5)14-34-26/h6-7,10-11,14,16,18-19,22,24H,1,8-9,12-13,15H2,2-5H3,(H,36,39)(H,37,41)(H3,33,35,46)/t16-,18-,22+,24?,31-/m1/s1. The fourth-order valence-corrected chi connectivity index (χ4v) is 7.58. The number of hydrogen-bond donors (Lipinski definition) is 4. The van der Waals surface area contributed by atoms with Gasteiger partial charge in [0.1, 0.15) is 29.5 Å². The van der Waals surface area contributed by atoms with E-state index in [0.29, 0.717) is 34.4 Å². The molecule has 0 spiro atoms. The molecule has 2 heterocycles. The minimum Gasteiger partial charge on any atom is -0.494 e. The van der Waals surface area contributed by atoms with Crippen molar-refractivity contribution in [2.75, 3.05) is 13.7 Å². The molecule has 16 heteroatoms. The predicted molar refractivity (Wildman–Crippen MR) is 180 cm³/mol. The van der Waals surface area contributed by atoms with E-state index < -0.39 is 68.1 Å². The Kier molecular flexibility index (Phi) is 9.38. The van der Waals surface area contributed by atoms with Crippen LogP contribution in [0.25, 0.3) is 10.8 Å². The van der Waals surface area contributed by atoms with Crippen molar-refractivity contribution in [1.82, 2.24) is 25.2 Å². The van der Waals surface area contributed by atoms with Gasteiger partial charge in [-0.25, -0.2) is 13.4 Å². The maximum atomic E-state index is 14.2. The van der Waals surface area contributed by atoms with Crippen LogP contribution < -0.4 is 30.6 Å². The summed E-state index contributed by atoms with van der Waals surface area (Å²) >= 11 is 11.4. The molecule has 5 rings (SSSR count). The number of halogens is 1. The number of thiocarbonyl (C=S) groups is 1. The summed E-state index contributed by atoms with van der Waals surface area (Å²) in [6.45, 7) is 9.22. The summed E-state index contributed by atoms with van der Waals surface area (Å²) in [7, 11) is -2.36. The molecule has 2 aliphatic carbocycles. The molecule has 13 nitrogen and oxygen atoms in total. The highest BCUT2D eigenvalue weighted by atomic mass is 35.5. The first-order chi connectivity index (χ1) is 22.0. The fourth-order valence-electron chi connectivity index (χ4n) is 5.93. The van der Waals surface area contributed by atoms with Crippen LogP contribution in [0.15, 0.2) is 37.1 Å². The van der Waals surface area contributed by atoms with Crippen molar-refractivity contribution in [3.05, 3.63) is 42.1 Å². The molecule has 5 N–H and O–H groups in total. The first-order valence-corrected chi connectivity index (χ1v) is 17.5. The quantitative estimate of drug-likeness (QED) is 0.199. The van der Waals surface area contributed by atoms with Crippen LogP contribution in [-0.2, 0) is 24.4 Å². The summed E-state index contributed by atoms with van der Waals surface area (Å²) in [6.07, 6.45) is 3.42. The highest BCUT2D eigenvalue weighted by Gasteiger charge is 2.62. The van der Waals surface area contributed by atoms with E-state index in [1.54, 1.807) is 18.2 Å². The van der Waals surface area contributed by atoms with Crippen molar-refractivity contribution in [2.24, 2.45) is 17.1 Å². The van der Waals surface area contributed by atoms with Gasteiger partial charge in [0, 0.05) is 28.1 Å². The number of aromatic nitrogens is 1. The first-order valence-electron chi connectivity index (χ1n) is 15.2. The lowest BCUT2D eigenvalue weighted by molar-refractivity contribution is -0.142. The summed E-state index contributed by atoms with van der Waals surface area (Å²) in [6, 6.07) is 3.17. The number of benzene rings is 1. The van der Waals surface area contributed by atoms with Crippen LogP contribution in [0.1, 0.15) is 46.5 Å². The molecule has 0 radical (unpaired) electrons. The maximum absolute atomic E-state index is 14.2. The third kappa shape index (κ3) is 7.11. The second-order valence-corrected chi connectivity index (χ2v) is 16.1. The van der Waals surface area contributed by atoms with Gasteiger partial charge in [0.15, 0.2) is 5.11 Å². The molecule has 1 aromatic heterocycles. The SMILES string of the molecule is C=C[C@@H]1C[C@]1(NC(=O)[C@@H]1C[C@@H](Oc2ncc(OC)c3ccc(Cl)cc23)CN1C(=O)C(NC(N)=S)C(C)(C)C)C(=O)NS(=O)(=O)C1CC1. The number of ether oxygens (including phenoxy) is 2. The van der Waals surface area contributed by atoms with Gasteiger partial charge in [-0.15, -0.1) is 6.58 Å². The number of nitrogens with two attached hydrogens (primary N) is 1.